The summed E-state index contributed by atoms with van der Waals surface area (Å²) in [5.41, 5.74) is 2.42. The maximum Gasteiger partial charge on any atom is 0.319 e. The van der Waals surface area contributed by atoms with Gasteiger partial charge in [0.2, 0.25) is 0 Å². The van der Waals surface area contributed by atoms with E-state index in [1.807, 2.05) is 12.1 Å². The molecule has 0 aromatic heterocycles. The van der Waals surface area contributed by atoms with E-state index in [4.69, 9.17) is 0 Å². The quantitative estimate of drug-likeness (QED) is 0.403. The van der Waals surface area contributed by atoms with Gasteiger partial charge in [0, 0.05) is 36.9 Å². The number of hydrogen-bond donors (Lipinski definition) is 2. The summed E-state index contributed by atoms with van der Waals surface area (Å²) in [6, 6.07) is 14.2. The Morgan fingerprint density at radius 2 is 1.91 bits per heavy atom. The number of nitrogens with zero attached hydrogens (tertiary/aromatic N) is 1. The van der Waals surface area contributed by atoms with Crippen molar-refractivity contribution in [3.8, 4) is 0 Å². The zero-order valence-corrected chi connectivity index (χ0v) is 19.9. The van der Waals surface area contributed by atoms with Gasteiger partial charge >= 0.3 is 6.03 Å². The molecule has 178 valence electrons. The van der Waals surface area contributed by atoms with E-state index in [-0.39, 0.29) is 30.0 Å². The average molecular weight is 474 g/mol. The van der Waals surface area contributed by atoms with E-state index < -0.39 is 0 Å². The number of Topliss-reactive ketones (excluding diaryl/α,β-unsaturated/α-hetero) is 1. The first-order valence-corrected chi connectivity index (χ1v) is 11.6. The highest BCUT2D eigenvalue weighted by molar-refractivity contribution is 5.96. The van der Waals surface area contributed by atoms with Crippen LogP contribution in [0.1, 0.15) is 48.5 Å². The fourth-order valence-electron chi connectivity index (χ4n) is 5.33. The molecule has 1 aliphatic carbocycles. The average Bonchev–Trinajstić information content (AvgIpc) is 2.79. The first-order chi connectivity index (χ1) is 15.5. The molecule has 3 atom stereocenters. The Labute approximate surface area is 201 Å². The summed E-state index contributed by atoms with van der Waals surface area (Å²) < 4.78 is 13.2. The predicted molar refractivity (Wildman–Crippen MR) is 132 cm³/mol. The van der Waals surface area contributed by atoms with Crippen LogP contribution in [0.15, 0.2) is 48.5 Å². The zero-order chi connectivity index (χ0) is 22.5. The number of halogens is 2. The second kappa shape index (κ2) is 11.6. The minimum atomic E-state index is -0.250. The second-order valence-corrected chi connectivity index (χ2v) is 9.20. The van der Waals surface area contributed by atoms with Gasteiger partial charge < -0.3 is 10.6 Å². The van der Waals surface area contributed by atoms with Crippen LogP contribution in [-0.4, -0.2) is 42.4 Å². The Bertz CT molecular complexity index is 953. The minimum Gasteiger partial charge on any atom is -0.338 e. The monoisotopic (exact) mass is 473 g/mol. The molecular weight excluding hydrogens is 441 g/mol. The van der Waals surface area contributed by atoms with E-state index in [0.29, 0.717) is 29.8 Å². The van der Waals surface area contributed by atoms with Crippen molar-refractivity contribution >= 4 is 29.9 Å². The smallest absolute Gasteiger partial charge is 0.319 e. The van der Waals surface area contributed by atoms with Crippen molar-refractivity contribution in [1.29, 1.82) is 0 Å². The predicted octanol–water partition coefficient (Wildman–Crippen LogP) is 5.30. The molecule has 0 unspecified atom stereocenters. The van der Waals surface area contributed by atoms with Gasteiger partial charge in [-0.05, 0) is 80.7 Å². The van der Waals surface area contributed by atoms with Gasteiger partial charge in [-0.3, -0.25) is 9.69 Å². The lowest BCUT2D eigenvalue weighted by atomic mass is 9.70. The lowest BCUT2D eigenvalue weighted by Crippen LogP contribution is -2.54. The summed E-state index contributed by atoms with van der Waals surface area (Å²) in [7, 11) is 0. The maximum absolute atomic E-state index is 13.2. The summed E-state index contributed by atoms with van der Waals surface area (Å²) in [6.45, 7) is 4.24. The van der Waals surface area contributed by atoms with Crippen LogP contribution in [0.25, 0.3) is 0 Å². The van der Waals surface area contributed by atoms with Crippen LogP contribution in [0, 0.1) is 17.7 Å². The zero-order valence-electron chi connectivity index (χ0n) is 19.1. The van der Waals surface area contributed by atoms with Crippen molar-refractivity contribution in [2.45, 2.75) is 45.1 Å². The number of benzene rings is 2. The van der Waals surface area contributed by atoms with Gasteiger partial charge in [-0.15, -0.1) is 12.4 Å². The molecule has 5 nitrogen and oxygen atoms in total. The number of urea groups is 1. The van der Waals surface area contributed by atoms with E-state index in [1.54, 1.807) is 36.4 Å². The second-order valence-electron chi connectivity index (χ2n) is 9.20. The number of anilines is 1. The van der Waals surface area contributed by atoms with E-state index in [1.165, 1.54) is 31.7 Å². The highest BCUT2D eigenvalue weighted by Crippen LogP contribution is 2.40. The Morgan fingerprint density at radius 3 is 2.64 bits per heavy atom. The molecule has 5 rings (SSSR count). The highest BCUT2D eigenvalue weighted by atomic mass is 35.5. The molecule has 2 bridgehead atoms. The third kappa shape index (κ3) is 6.78. The molecule has 2 aromatic carbocycles. The van der Waals surface area contributed by atoms with Crippen LogP contribution >= 0.6 is 12.4 Å². The SMILES string of the molecule is CC(=O)c1cccc(NC(=O)NCCCN2C[C@@H]3CC[C@@H]2[C@H](Cc2ccc(F)cc2)C3)c1.Cl. The Hall–Kier alpha value is -2.44. The van der Waals surface area contributed by atoms with Crippen molar-refractivity contribution in [1.82, 2.24) is 10.2 Å². The van der Waals surface area contributed by atoms with Gasteiger partial charge in [-0.1, -0.05) is 24.3 Å². The van der Waals surface area contributed by atoms with Crippen LogP contribution in [0.2, 0.25) is 0 Å². The summed E-state index contributed by atoms with van der Waals surface area (Å²) in [5.74, 6) is 1.17. The lowest BCUT2D eigenvalue weighted by Gasteiger charge is -2.50. The Kier molecular flexibility index (Phi) is 8.87. The topological polar surface area (TPSA) is 61.4 Å². The van der Waals surface area contributed by atoms with Crippen LogP contribution in [0.3, 0.4) is 0 Å². The lowest BCUT2D eigenvalue weighted by molar-refractivity contribution is 0.000976. The molecule has 2 amide bonds. The van der Waals surface area contributed by atoms with Gasteiger partial charge in [0.05, 0.1) is 0 Å². The summed E-state index contributed by atoms with van der Waals surface area (Å²) in [6.07, 6.45) is 5.71. The van der Waals surface area contributed by atoms with Gasteiger partial charge in [0.25, 0.3) is 0 Å². The van der Waals surface area contributed by atoms with Gasteiger partial charge in [0.1, 0.15) is 5.82 Å². The maximum atomic E-state index is 13.2. The first kappa shape index (κ1) is 25.2. The summed E-state index contributed by atoms with van der Waals surface area (Å²) in [5, 5.41) is 5.72. The number of fused-ring (bicyclic) bond motifs is 3. The number of amides is 2. The molecule has 3 aliphatic rings. The van der Waals surface area contributed by atoms with Crippen molar-refractivity contribution in [2.24, 2.45) is 11.8 Å². The van der Waals surface area contributed by atoms with E-state index >= 15 is 0 Å². The van der Waals surface area contributed by atoms with Gasteiger partial charge in [-0.25, -0.2) is 9.18 Å². The first-order valence-electron chi connectivity index (χ1n) is 11.6. The molecule has 2 heterocycles. The summed E-state index contributed by atoms with van der Waals surface area (Å²) >= 11 is 0. The molecule has 2 N–H and O–H groups in total. The third-order valence-corrected chi connectivity index (χ3v) is 6.86. The van der Waals surface area contributed by atoms with E-state index in [2.05, 4.69) is 15.5 Å². The highest BCUT2D eigenvalue weighted by Gasteiger charge is 2.40. The third-order valence-electron chi connectivity index (χ3n) is 6.86. The number of hydrogen-bond acceptors (Lipinski definition) is 3. The van der Waals surface area contributed by atoms with Crippen LogP contribution in [-0.2, 0) is 6.42 Å². The number of rotatable bonds is 8. The number of ketones is 1. The Balaban J connectivity index is 0.00000306. The van der Waals surface area contributed by atoms with Crippen molar-refractivity contribution < 1.29 is 14.0 Å². The molecule has 3 fully saturated rings. The van der Waals surface area contributed by atoms with Crippen molar-refractivity contribution in [3.05, 3.63) is 65.5 Å². The number of piperidine rings is 2. The van der Waals surface area contributed by atoms with Crippen LogP contribution in [0.5, 0.6) is 0 Å². The molecule has 0 radical (unpaired) electrons. The largest absolute Gasteiger partial charge is 0.338 e. The van der Waals surface area contributed by atoms with Crippen molar-refractivity contribution in [2.75, 3.05) is 25.0 Å². The van der Waals surface area contributed by atoms with Crippen molar-refractivity contribution in [3.63, 3.8) is 0 Å². The van der Waals surface area contributed by atoms with Gasteiger partial charge in [0.15, 0.2) is 5.78 Å². The van der Waals surface area contributed by atoms with Crippen LogP contribution in [0.4, 0.5) is 14.9 Å². The molecule has 1 saturated carbocycles. The molecule has 7 heteroatoms. The number of carbonyl (C=O) groups excluding carboxylic acids is 2. The molecule has 2 aliphatic heterocycles. The molecule has 2 saturated heterocycles. The van der Waals surface area contributed by atoms with E-state index in [0.717, 1.165) is 31.8 Å². The van der Waals surface area contributed by atoms with E-state index in [9.17, 15) is 14.0 Å². The molecule has 0 spiro atoms. The number of nitrogens with one attached hydrogen (secondary N) is 2. The molecule has 2 aromatic rings. The number of carbonyl (C=O) groups is 2. The Morgan fingerprint density at radius 1 is 1.12 bits per heavy atom. The standard InChI is InChI=1S/C26H32FN3O2.ClH/c1-18(31)21-4-2-5-24(16-21)29-26(32)28-12-3-13-30-17-20-8-11-25(30)22(15-20)14-19-6-9-23(27)10-7-19;/h2,4-7,9-10,16,20,22,25H,3,8,11-15,17H2,1H3,(H2,28,29,32);1H/t20-,22-,25-;/m1./s1. The normalized spacial score (nSPS) is 21.8. The summed E-state index contributed by atoms with van der Waals surface area (Å²) in [4.78, 5) is 26.3. The minimum absolute atomic E-state index is 0. The molecular formula is C26H33ClFN3O2. The van der Waals surface area contributed by atoms with Crippen LogP contribution < -0.4 is 10.6 Å². The van der Waals surface area contributed by atoms with Gasteiger partial charge in [-0.2, -0.15) is 0 Å². The molecule has 33 heavy (non-hydrogen) atoms. The fourth-order valence-corrected chi connectivity index (χ4v) is 5.33. The fraction of sp³-hybridized carbons (Fsp3) is 0.462.